The van der Waals surface area contributed by atoms with Gasteiger partial charge < -0.3 is 19.0 Å². The van der Waals surface area contributed by atoms with Crippen LogP contribution in [-0.4, -0.2) is 88.8 Å². The third kappa shape index (κ3) is 5.04. The second-order valence-corrected chi connectivity index (χ2v) is 10.7. The Labute approximate surface area is 229 Å². The maximum atomic E-state index is 13.0. The van der Waals surface area contributed by atoms with Gasteiger partial charge in [0.05, 0.1) is 31.3 Å². The lowest BCUT2D eigenvalue weighted by Gasteiger charge is -2.34. The van der Waals surface area contributed by atoms with E-state index in [0.717, 1.165) is 85.8 Å². The van der Waals surface area contributed by atoms with Crippen LogP contribution in [0.3, 0.4) is 0 Å². The molecule has 0 unspecified atom stereocenters. The molecule has 39 heavy (non-hydrogen) atoms. The number of nitrogens with zero attached hydrogens (tertiary/aromatic N) is 4. The highest BCUT2D eigenvalue weighted by atomic mass is 16.5. The Bertz CT molecular complexity index is 1540. The average molecular weight is 526 g/mol. The number of anilines is 1. The van der Waals surface area contributed by atoms with Crippen LogP contribution in [0, 0.1) is 0 Å². The van der Waals surface area contributed by atoms with Gasteiger partial charge in [-0.1, -0.05) is 18.2 Å². The van der Waals surface area contributed by atoms with Crippen molar-refractivity contribution in [2.45, 2.75) is 6.92 Å². The second kappa shape index (κ2) is 10.8. The number of hydrogen-bond acceptors (Lipinski definition) is 6. The molecule has 4 aliphatic rings. The molecule has 3 heterocycles. The number of esters is 1. The smallest absolute Gasteiger partial charge is 0.338 e. The number of piperazine rings is 2. The number of fused-ring (bicyclic) bond motifs is 2. The zero-order valence-corrected chi connectivity index (χ0v) is 23.2. The van der Waals surface area contributed by atoms with E-state index in [9.17, 15) is 4.79 Å². The highest BCUT2D eigenvalue weighted by Crippen LogP contribution is 2.42. The van der Waals surface area contributed by atoms with E-state index in [1.807, 2.05) is 31.2 Å². The van der Waals surface area contributed by atoms with Crippen LogP contribution in [0.5, 0.6) is 0 Å². The first kappa shape index (κ1) is 25.6. The zero-order chi connectivity index (χ0) is 26.9. The predicted octanol–water partition coefficient (Wildman–Crippen LogP) is 3.85. The molecule has 0 atom stereocenters. The molecule has 0 N–H and O–H groups in total. The summed E-state index contributed by atoms with van der Waals surface area (Å²) in [7, 11) is 4.34. The fourth-order valence-corrected chi connectivity index (χ4v) is 5.77. The Hall–Kier alpha value is -3.68. The van der Waals surface area contributed by atoms with Crippen molar-refractivity contribution in [3.63, 3.8) is 0 Å². The van der Waals surface area contributed by atoms with Crippen LogP contribution < -0.4 is 14.8 Å². The molecule has 3 aliphatic heterocycles. The third-order valence-electron chi connectivity index (χ3n) is 8.12. The van der Waals surface area contributed by atoms with Gasteiger partial charge in [0, 0.05) is 60.5 Å². The van der Waals surface area contributed by atoms with E-state index in [2.05, 4.69) is 69.8 Å². The molecule has 2 saturated heterocycles. The SMILES string of the molecule is CCOC(=O)c1ccccc1-c1c2ccc(=[N+]3CCN(C)CC3)cc-2oc2cc(N3CCN(C)CC3)ccc12. The van der Waals surface area contributed by atoms with Gasteiger partial charge in [-0.05, 0) is 50.8 Å². The largest absolute Gasteiger partial charge is 0.462 e. The van der Waals surface area contributed by atoms with Crippen molar-refractivity contribution in [2.24, 2.45) is 0 Å². The Morgan fingerprint density at radius 2 is 1.62 bits per heavy atom. The maximum Gasteiger partial charge on any atom is 0.338 e. The van der Waals surface area contributed by atoms with Gasteiger partial charge in [0.25, 0.3) is 0 Å². The fraction of sp³-hybridized carbons (Fsp3) is 0.375. The molecule has 1 aliphatic carbocycles. The van der Waals surface area contributed by atoms with E-state index < -0.39 is 0 Å². The summed E-state index contributed by atoms with van der Waals surface area (Å²) in [4.78, 5) is 20.2. The molecule has 2 aromatic carbocycles. The van der Waals surface area contributed by atoms with Crippen LogP contribution in [0.2, 0.25) is 0 Å². The van der Waals surface area contributed by atoms with Crippen LogP contribution in [0.1, 0.15) is 17.3 Å². The van der Waals surface area contributed by atoms with Crippen LogP contribution >= 0.6 is 0 Å². The van der Waals surface area contributed by atoms with Crippen LogP contribution in [0.15, 0.2) is 65.1 Å². The van der Waals surface area contributed by atoms with Crippen molar-refractivity contribution >= 4 is 22.6 Å². The molecule has 0 amide bonds. The van der Waals surface area contributed by atoms with Crippen molar-refractivity contribution < 1.29 is 13.9 Å². The topological polar surface area (TPSA) is 52.2 Å². The molecular formula is C32H37N4O3+. The van der Waals surface area contributed by atoms with Gasteiger partial charge in [0.1, 0.15) is 11.3 Å². The normalized spacial score (nSPS) is 17.2. The minimum absolute atomic E-state index is 0.307. The van der Waals surface area contributed by atoms with E-state index in [-0.39, 0.29) is 5.97 Å². The average Bonchev–Trinajstić information content (AvgIpc) is 2.96. The summed E-state index contributed by atoms with van der Waals surface area (Å²) in [5.74, 6) is 0.515. The summed E-state index contributed by atoms with van der Waals surface area (Å²) in [5, 5.41) is 2.16. The first-order valence-electron chi connectivity index (χ1n) is 14.0. The Kier molecular flexibility index (Phi) is 7.11. The molecular weight excluding hydrogens is 488 g/mol. The molecule has 7 heteroatoms. The summed E-state index contributed by atoms with van der Waals surface area (Å²) < 4.78 is 14.5. The van der Waals surface area contributed by atoms with E-state index in [1.54, 1.807) is 0 Å². The summed E-state index contributed by atoms with van der Waals surface area (Å²) in [6.45, 7) is 10.3. The summed E-state index contributed by atoms with van der Waals surface area (Å²) in [6, 6.07) is 20.7. The van der Waals surface area contributed by atoms with Crippen LogP contribution in [0.25, 0.3) is 33.4 Å². The van der Waals surface area contributed by atoms with E-state index in [1.165, 1.54) is 11.0 Å². The molecule has 202 valence electrons. The highest BCUT2D eigenvalue weighted by molar-refractivity contribution is 6.08. The van der Waals surface area contributed by atoms with Gasteiger partial charge in [-0.2, -0.15) is 0 Å². The van der Waals surface area contributed by atoms with E-state index in [4.69, 9.17) is 9.15 Å². The molecule has 7 nitrogen and oxygen atoms in total. The predicted molar refractivity (Wildman–Crippen MR) is 156 cm³/mol. The van der Waals surface area contributed by atoms with Gasteiger partial charge in [0.15, 0.2) is 13.1 Å². The van der Waals surface area contributed by atoms with Crippen molar-refractivity contribution in [2.75, 3.05) is 78.0 Å². The molecule has 0 spiro atoms. The Morgan fingerprint density at radius 1 is 0.872 bits per heavy atom. The summed E-state index contributed by atoms with van der Waals surface area (Å²) in [6.07, 6.45) is 0. The molecule has 0 radical (unpaired) electrons. The Balaban J connectivity index is 1.57. The van der Waals surface area contributed by atoms with Crippen molar-refractivity contribution in [1.82, 2.24) is 14.4 Å². The zero-order valence-electron chi connectivity index (χ0n) is 23.2. The third-order valence-corrected chi connectivity index (χ3v) is 8.12. The van der Waals surface area contributed by atoms with Crippen molar-refractivity contribution in [3.05, 3.63) is 71.6 Å². The highest BCUT2D eigenvalue weighted by Gasteiger charge is 2.24. The number of hydrogen-bond donors (Lipinski definition) is 0. The number of carbonyl (C=O) groups excluding carboxylic acids is 1. The molecule has 0 bridgehead atoms. The summed E-state index contributed by atoms with van der Waals surface area (Å²) >= 11 is 0. The van der Waals surface area contributed by atoms with E-state index in [0.29, 0.717) is 12.2 Å². The minimum atomic E-state index is -0.307. The number of likely N-dealkylation sites (N-methyl/N-ethyl adjacent to an activating group) is 2. The molecule has 0 saturated carbocycles. The van der Waals surface area contributed by atoms with Crippen molar-refractivity contribution in [1.29, 1.82) is 0 Å². The van der Waals surface area contributed by atoms with Crippen LogP contribution in [-0.2, 0) is 4.74 Å². The summed E-state index contributed by atoms with van der Waals surface area (Å²) in [5.41, 5.74) is 5.41. The van der Waals surface area contributed by atoms with Gasteiger partial charge in [0.2, 0.25) is 5.36 Å². The van der Waals surface area contributed by atoms with E-state index >= 15 is 0 Å². The number of benzene rings is 3. The van der Waals surface area contributed by atoms with Crippen molar-refractivity contribution in [3.8, 4) is 22.5 Å². The molecule has 0 aromatic heterocycles. The van der Waals surface area contributed by atoms with Gasteiger partial charge in [-0.25, -0.2) is 9.37 Å². The first-order chi connectivity index (χ1) is 19.0. The lowest BCUT2D eigenvalue weighted by atomic mass is 9.90. The minimum Gasteiger partial charge on any atom is -0.462 e. The van der Waals surface area contributed by atoms with Gasteiger partial charge >= 0.3 is 5.97 Å². The van der Waals surface area contributed by atoms with Gasteiger partial charge in [-0.15, -0.1) is 0 Å². The van der Waals surface area contributed by atoms with Gasteiger partial charge in [-0.3, -0.25) is 4.90 Å². The number of rotatable bonds is 4. The number of ether oxygens (including phenoxy) is 1. The molecule has 2 fully saturated rings. The van der Waals surface area contributed by atoms with Crippen LogP contribution in [0.4, 0.5) is 5.69 Å². The second-order valence-electron chi connectivity index (χ2n) is 10.7. The number of carbonyl (C=O) groups is 1. The maximum absolute atomic E-state index is 13.0. The lowest BCUT2D eigenvalue weighted by Crippen LogP contribution is -2.46. The Morgan fingerprint density at radius 3 is 2.38 bits per heavy atom. The molecule has 6 rings (SSSR count). The standard InChI is InChI=1S/C32H37N4O3/c1-4-38-32(37)26-8-6-5-7-25(26)31-27-11-9-23(35-17-13-33(2)14-18-35)21-29(27)39-30-22-24(10-12-28(30)31)36-19-15-34(3)16-20-36/h5-12,21-22H,4,13-20H2,1-3H3/q+1. The molecule has 2 aromatic rings. The lowest BCUT2D eigenvalue weighted by molar-refractivity contribution is 0.0527. The quantitative estimate of drug-likeness (QED) is 0.229. The fourth-order valence-electron chi connectivity index (χ4n) is 5.77. The monoisotopic (exact) mass is 525 g/mol. The first-order valence-corrected chi connectivity index (χ1v) is 14.0.